The zero-order valence-corrected chi connectivity index (χ0v) is 9.44. The number of rotatable bonds is 0. The van der Waals surface area contributed by atoms with Crippen molar-refractivity contribution in [1.29, 1.82) is 0 Å². The first-order valence-electron chi connectivity index (χ1n) is 5.81. The highest BCUT2D eigenvalue weighted by Crippen LogP contribution is 2.36. The van der Waals surface area contributed by atoms with Gasteiger partial charge in [-0.1, -0.05) is 29.8 Å². The Morgan fingerprint density at radius 3 is 3.00 bits per heavy atom. The van der Waals surface area contributed by atoms with Gasteiger partial charge in [0.25, 0.3) is 0 Å². The smallest absolute Gasteiger partial charge is 0.247 e. The van der Waals surface area contributed by atoms with E-state index in [9.17, 15) is 4.79 Å². The van der Waals surface area contributed by atoms with Crippen molar-refractivity contribution < 1.29 is 4.79 Å². The van der Waals surface area contributed by atoms with Crippen molar-refractivity contribution in [3.8, 4) is 0 Å². The van der Waals surface area contributed by atoms with Gasteiger partial charge in [0.2, 0.25) is 5.91 Å². The van der Waals surface area contributed by atoms with Crippen molar-refractivity contribution in [3.05, 3.63) is 47.0 Å². The van der Waals surface area contributed by atoms with Crippen LogP contribution in [0.3, 0.4) is 0 Å². The minimum absolute atomic E-state index is 0.184. The zero-order valence-electron chi connectivity index (χ0n) is 9.44. The summed E-state index contributed by atoms with van der Waals surface area (Å²) in [5.74, 6) is 0.184. The maximum absolute atomic E-state index is 11.9. The molecule has 0 aromatic heterocycles. The molecule has 2 heteroatoms. The molecule has 1 atom stereocenters. The van der Waals surface area contributed by atoms with Crippen molar-refractivity contribution >= 4 is 5.91 Å². The van der Waals surface area contributed by atoms with E-state index >= 15 is 0 Å². The topological polar surface area (TPSA) is 20.3 Å². The number of amides is 1. The molecular weight excluding hydrogens is 198 g/mol. The average Bonchev–Trinajstić information content (AvgIpc) is 2.28. The maximum atomic E-state index is 11.9. The summed E-state index contributed by atoms with van der Waals surface area (Å²) >= 11 is 0. The Morgan fingerprint density at radius 1 is 1.31 bits per heavy atom. The Balaban J connectivity index is 2.07. The van der Waals surface area contributed by atoms with Crippen molar-refractivity contribution in [2.45, 2.75) is 25.8 Å². The Bertz CT molecular complexity index is 475. The fraction of sp³-hybridized carbons (Fsp3) is 0.357. The van der Waals surface area contributed by atoms with Crippen molar-refractivity contribution in [2.24, 2.45) is 0 Å². The summed E-state index contributed by atoms with van der Waals surface area (Å²) in [6.07, 6.45) is 3.76. The lowest BCUT2D eigenvalue weighted by Gasteiger charge is -2.39. The molecule has 0 bridgehead atoms. The van der Waals surface area contributed by atoms with E-state index in [1.54, 1.807) is 6.08 Å². The van der Waals surface area contributed by atoms with Gasteiger partial charge >= 0.3 is 0 Å². The summed E-state index contributed by atoms with van der Waals surface area (Å²) in [6, 6.07) is 8.79. The molecule has 16 heavy (non-hydrogen) atoms. The molecule has 1 aromatic rings. The second-order valence-electron chi connectivity index (χ2n) is 4.69. The van der Waals surface area contributed by atoms with Crippen LogP contribution in [-0.2, 0) is 11.2 Å². The molecule has 0 saturated carbocycles. The molecule has 0 fully saturated rings. The molecule has 0 spiro atoms. The van der Waals surface area contributed by atoms with E-state index in [1.165, 1.54) is 16.7 Å². The fourth-order valence-electron chi connectivity index (χ4n) is 2.79. The van der Waals surface area contributed by atoms with Crippen LogP contribution in [-0.4, -0.2) is 17.4 Å². The minimum atomic E-state index is 0.184. The third-order valence-corrected chi connectivity index (χ3v) is 3.58. The van der Waals surface area contributed by atoms with Gasteiger partial charge in [0.1, 0.15) is 0 Å². The number of fused-ring (bicyclic) bond motifs is 3. The SMILES string of the molecule is CC1=CC(=O)N2CCc3ccccc3C2C1. The lowest BCUT2D eigenvalue weighted by Crippen LogP contribution is -2.41. The fourth-order valence-corrected chi connectivity index (χ4v) is 2.79. The van der Waals surface area contributed by atoms with Crippen molar-refractivity contribution in [2.75, 3.05) is 6.54 Å². The second-order valence-corrected chi connectivity index (χ2v) is 4.69. The normalized spacial score (nSPS) is 23.6. The van der Waals surface area contributed by atoms with Crippen LogP contribution in [0.4, 0.5) is 0 Å². The first-order valence-corrected chi connectivity index (χ1v) is 5.81. The molecule has 1 unspecified atom stereocenters. The molecule has 2 aliphatic rings. The molecule has 0 aliphatic carbocycles. The third kappa shape index (κ3) is 1.37. The van der Waals surface area contributed by atoms with Crippen molar-refractivity contribution in [3.63, 3.8) is 0 Å². The number of benzene rings is 1. The van der Waals surface area contributed by atoms with Crippen molar-refractivity contribution in [1.82, 2.24) is 4.90 Å². The minimum Gasteiger partial charge on any atom is -0.331 e. The first kappa shape index (κ1) is 9.64. The monoisotopic (exact) mass is 213 g/mol. The van der Waals surface area contributed by atoms with Crippen LogP contribution in [0.1, 0.15) is 30.5 Å². The summed E-state index contributed by atoms with van der Waals surface area (Å²) in [4.78, 5) is 13.9. The van der Waals surface area contributed by atoms with Gasteiger partial charge in [-0.15, -0.1) is 0 Å². The van der Waals surface area contributed by atoms with Gasteiger partial charge in [-0.2, -0.15) is 0 Å². The molecule has 2 heterocycles. The highest BCUT2D eigenvalue weighted by Gasteiger charge is 2.32. The number of hydrogen-bond donors (Lipinski definition) is 0. The van der Waals surface area contributed by atoms with Gasteiger partial charge in [0, 0.05) is 12.6 Å². The van der Waals surface area contributed by atoms with Gasteiger partial charge in [0.15, 0.2) is 0 Å². The van der Waals surface area contributed by atoms with Crippen LogP contribution in [0.25, 0.3) is 0 Å². The van der Waals surface area contributed by atoms with Gasteiger partial charge in [-0.3, -0.25) is 4.79 Å². The van der Waals surface area contributed by atoms with E-state index < -0.39 is 0 Å². The first-order chi connectivity index (χ1) is 7.75. The van der Waals surface area contributed by atoms with Gasteiger partial charge in [-0.25, -0.2) is 0 Å². The number of hydrogen-bond acceptors (Lipinski definition) is 1. The summed E-state index contributed by atoms with van der Waals surface area (Å²) < 4.78 is 0. The van der Waals surface area contributed by atoms with E-state index in [2.05, 4.69) is 24.3 Å². The van der Waals surface area contributed by atoms with Gasteiger partial charge < -0.3 is 4.90 Å². The molecule has 1 aromatic carbocycles. The molecular formula is C14H15NO. The zero-order chi connectivity index (χ0) is 11.1. The Labute approximate surface area is 95.6 Å². The molecule has 2 aliphatic heterocycles. The van der Waals surface area contributed by atoms with E-state index in [0.717, 1.165) is 19.4 Å². The van der Waals surface area contributed by atoms with Crippen LogP contribution < -0.4 is 0 Å². The summed E-state index contributed by atoms with van der Waals surface area (Å²) in [6.45, 7) is 2.91. The van der Waals surface area contributed by atoms with E-state index in [1.807, 2.05) is 11.8 Å². The molecule has 3 rings (SSSR count). The highest BCUT2D eigenvalue weighted by atomic mass is 16.2. The standard InChI is InChI=1S/C14H15NO/c1-10-8-13-12-5-3-2-4-11(12)6-7-15(13)14(16)9-10/h2-5,9,13H,6-8H2,1H3. The second kappa shape index (κ2) is 3.48. The van der Waals surface area contributed by atoms with Crippen LogP contribution >= 0.6 is 0 Å². The number of carbonyl (C=O) groups is 1. The van der Waals surface area contributed by atoms with Crippen LogP contribution in [0.2, 0.25) is 0 Å². The molecule has 1 amide bonds. The average molecular weight is 213 g/mol. The summed E-state index contributed by atoms with van der Waals surface area (Å²) in [7, 11) is 0. The molecule has 2 nitrogen and oxygen atoms in total. The Hall–Kier alpha value is -1.57. The van der Waals surface area contributed by atoms with E-state index in [4.69, 9.17) is 0 Å². The van der Waals surface area contributed by atoms with Gasteiger partial charge in [-0.05, 0) is 30.9 Å². The van der Waals surface area contributed by atoms with E-state index in [-0.39, 0.29) is 11.9 Å². The van der Waals surface area contributed by atoms with Crippen LogP contribution in [0.5, 0.6) is 0 Å². The third-order valence-electron chi connectivity index (χ3n) is 3.58. The molecule has 0 radical (unpaired) electrons. The van der Waals surface area contributed by atoms with Gasteiger partial charge in [0.05, 0.1) is 6.04 Å². The summed E-state index contributed by atoms with van der Waals surface area (Å²) in [5, 5.41) is 0. The quantitative estimate of drug-likeness (QED) is 0.648. The lowest BCUT2D eigenvalue weighted by atomic mass is 9.87. The molecule has 0 saturated heterocycles. The largest absolute Gasteiger partial charge is 0.331 e. The predicted molar refractivity (Wildman–Crippen MR) is 63.0 cm³/mol. The lowest BCUT2D eigenvalue weighted by molar-refractivity contribution is -0.129. The van der Waals surface area contributed by atoms with Crippen LogP contribution in [0, 0.1) is 0 Å². The predicted octanol–water partition coefficient (Wildman–Crippen LogP) is 2.46. The maximum Gasteiger partial charge on any atom is 0.247 e. The van der Waals surface area contributed by atoms with Crippen LogP contribution in [0.15, 0.2) is 35.9 Å². The number of nitrogens with zero attached hydrogens (tertiary/aromatic N) is 1. The summed E-state index contributed by atoms with van der Waals surface area (Å²) in [5.41, 5.74) is 3.95. The Kier molecular flexibility index (Phi) is 2.10. The highest BCUT2D eigenvalue weighted by molar-refractivity contribution is 5.90. The van der Waals surface area contributed by atoms with E-state index in [0.29, 0.717) is 0 Å². The molecule has 82 valence electrons. The number of carbonyl (C=O) groups excluding carboxylic acids is 1. The Morgan fingerprint density at radius 2 is 2.12 bits per heavy atom. The molecule has 0 N–H and O–H groups in total.